The fraction of sp³-hybridized carbons (Fsp3) is 0.318. The van der Waals surface area contributed by atoms with Gasteiger partial charge in [0.25, 0.3) is 0 Å². The first-order chi connectivity index (χ1) is 13.7. The number of carbonyl (C=O) groups excluding carboxylic acids is 1. The van der Waals surface area contributed by atoms with Gasteiger partial charge in [0.1, 0.15) is 0 Å². The third-order valence-electron chi connectivity index (χ3n) is 5.02. The molecule has 0 unspecified atom stereocenters. The molecule has 0 atom stereocenters. The van der Waals surface area contributed by atoms with Crippen molar-refractivity contribution in [3.05, 3.63) is 64.7 Å². The number of hydrogen-bond donors (Lipinski definition) is 0. The topological polar surface area (TPSA) is 42.0 Å². The van der Waals surface area contributed by atoms with Crippen LogP contribution in [0.5, 0.6) is 11.5 Å². The highest BCUT2D eigenvalue weighted by atomic mass is 35.5. The number of rotatable bonds is 4. The molecule has 1 fully saturated rings. The summed E-state index contributed by atoms with van der Waals surface area (Å²) in [4.78, 5) is 17.0. The van der Waals surface area contributed by atoms with Crippen LogP contribution in [0.3, 0.4) is 0 Å². The van der Waals surface area contributed by atoms with Gasteiger partial charge in [0, 0.05) is 38.8 Å². The summed E-state index contributed by atoms with van der Waals surface area (Å²) in [6.45, 7) is 4.49. The maximum atomic E-state index is 12.6. The molecule has 0 radical (unpaired) electrons. The zero-order valence-corrected chi connectivity index (χ0v) is 16.4. The van der Waals surface area contributed by atoms with Gasteiger partial charge < -0.3 is 14.4 Å². The molecule has 0 spiro atoms. The minimum Gasteiger partial charge on any atom is -0.454 e. The molecule has 6 heteroatoms. The minimum absolute atomic E-state index is 0.0235. The Hall–Kier alpha value is -2.50. The second kappa shape index (κ2) is 8.67. The van der Waals surface area contributed by atoms with Crippen LogP contribution in [0.1, 0.15) is 17.5 Å². The smallest absolute Gasteiger partial charge is 0.246 e. The Labute approximate surface area is 170 Å². The van der Waals surface area contributed by atoms with Crippen molar-refractivity contribution in [2.24, 2.45) is 0 Å². The van der Waals surface area contributed by atoms with Crippen molar-refractivity contribution in [3.8, 4) is 11.5 Å². The number of fused-ring (bicyclic) bond motifs is 1. The van der Waals surface area contributed by atoms with Gasteiger partial charge in [-0.2, -0.15) is 0 Å². The van der Waals surface area contributed by atoms with E-state index < -0.39 is 0 Å². The SMILES string of the molecule is O=C(/C=C/c1cc(Cl)c2c(c1)OCO2)N1CCCN(Cc2ccccc2)CC1. The van der Waals surface area contributed by atoms with Crippen molar-refractivity contribution in [3.63, 3.8) is 0 Å². The van der Waals surface area contributed by atoms with Crippen LogP contribution in [0, 0.1) is 0 Å². The molecule has 0 N–H and O–H groups in total. The largest absolute Gasteiger partial charge is 0.454 e. The summed E-state index contributed by atoms with van der Waals surface area (Å²) in [6.07, 6.45) is 4.37. The Morgan fingerprint density at radius 2 is 1.93 bits per heavy atom. The lowest BCUT2D eigenvalue weighted by Crippen LogP contribution is -2.34. The Kier molecular flexibility index (Phi) is 5.84. The van der Waals surface area contributed by atoms with E-state index in [0.29, 0.717) is 16.5 Å². The molecule has 1 amide bonds. The minimum atomic E-state index is 0.0235. The zero-order chi connectivity index (χ0) is 19.3. The van der Waals surface area contributed by atoms with Gasteiger partial charge in [0.05, 0.1) is 5.02 Å². The summed E-state index contributed by atoms with van der Waals surface area (Å²) >= 11 is 6.20. The molecule has 28 heavy (non-hydrogen) atoms. The van der Waals surface area contributed by atoms with E-state index in [1.54, 1.807) is 18.2 Å². The molecule has 5 nitrogen and oxygen atoms in total. The molecule has 2 aliphatic heterocycles. The number of carbonyl (C=O) groups is 1. The van der Waals surface area contributed by atoms with Crippen LogP contribution < -0.4 is 9.47 Å². The molecule has 0 saturated carbocycles. The van der Waals surface area contributed by atoms with Gasteiger partial charge >= 0.3 is 0 Å². The molecule has 0 bridgehead atoms. The van der Waals surface area contributed by atoms with Crippen LogP contribution in [0.2, 0.25) is 5.02 Å². The van der Waals surface area contributed by atoms with E-state index in [4.69, 9.17) is 21.1 Å². The molecular weight excluding hydrogens is 376 g/mol. The lowest BCUT2D eigenvalue weighted by Gasteiger charge is -2.21. The normalized spacial score (nSPS) is 17.1. The Balaban J connectivity index is 1.35. The van der Waals surface area contributed by atoms with Gasteiger partial charge in [0.15, 0.2) is 11.5 Å². The van der Waals surface area contributed by atoms with Gasteiger partial charge in [-0.05, 0) is 35.8 Å². The number of amides is 1. The first-order valence-corrected chi connectivity index (χ1v) is 9.89. The predicted molar refractivity (Wildman–Crippen MR) is 110 cm³/mol. The van der Waals surface area contributed by atoms with Crippen LogP contribution in [0.4, 0.5) is 0 Å². The van der Waals surface area contributed by atoms with E-state index in [0.717, 1.165) is 44.7 Å². The van der Waals surface area contributed by atoms with Crippen molar-refractivity contribution in [1.29, 1.82) is 0 Å². The van der Waals surface area contributed by atoms with Crippen molar-refractivity contribution in [2.75, 3.05) is 33.0 Å². The Morgan fingerprint density at radius 3 is 2.79 bits per heavy atom. The number of halogens is 1. The van der Waals surface area contributed by atoms with E-state index in [1.807, 2.05) is 17.0 Å². The standard InChI is InChI=1S/C22H23ClN2O3/c23-19-13-18(14-20-22(19)28-16-27-20)7-8-21(26)25-10-4-9-24(11-12-25)15-17-5-2-1-3-6-17/h1-3,5-8,13-14H,4,9-12,15-16H2/b8-7+. The molecular formula is C22H23ClN2O3. The summed E-state index contributed by atoms with van der Waals surface area (Å²) in [5.41, 5.74) is 2.13. The first kappa shape index (κ1) is 18.8. The second-order valence-electron chi connectivity index (χ2n) is 7.01. The van der Waals surface area contributed by atoms with E-state index in [1.165, 1.54) is 5.56 Å². The first-order valence-electron chi connectivity index (χ1n) is 9.51. The highest BCUT2D eigenvalue weighted by Gasteiger charge is 2.19. The fourth-order valence-corrected chi connectivity index (χ4v) is 3.82. The lowest BCUT2D eigenvalue weighted by atomic mass is 10.2. The van der Waals surface area contributed by atoms with Crippen LogP contribution >= 0.6 is 11.6 Å². The highest BCUT2D eigenvalue weighted by molar-refractivity contribution is 6.32. The average molecular weight is 399 g/mol. The summed E-state index contributed by atoms with van der Waals surface area (Å²) in [5, 5.41) is 0.494. The zero-order valence-electron chi connectivity index (χ0n) is 15.6. The summed E-state index contributed by atoms with van der Waals surface area (Å²) in [6, 6.07) is 14.1. The molecule has 1 saturated heterocycles. The number of hydrogen-bond acceptors (Lipinski definition) is 4. The molecule has 2 aromatic rings. The average Bonchev–Trinajstić information content (AvgIpc) is 3.06. The van der Waals surface area contributed by atoms with Gasteiger partial charge in [-0.1, -0.05) is 41.9 Å². The van der Waals surface area contributed by atoms with Crippen molar-refractivity contribution in [1.82, 2.24) is 9.80 Å². The monoisotopic (exact) mass is 398 g/mol. The molecule has 0 aromatic heterocycles. The molecule has 2 heterocycles. The summed E-state index contributed by atoms with van der Waals surface area (Å²) in [7, 11) is 0. The summed E-state index contributed by atoms with van der Waals surface area (Å²) < 4.78 is 10.7. The van der Waals surface area contributed by atoms with Gasteiger partial charge in [-0.3, -0.25) is 9.69 Å². The summed E-state index contributed by atoms with van der Waals surface area (Å²) in [5.74, 6) is 1.21. The second-order valence-corrected chi connectivity index (χ2v) is 7.42. The van der Waals surface area contributed by atoms with Crippen molar-refractivity contribution < 1.29 is 14.3 Å². The van der Waals surface area contributed by atoms with Crippen LogP contribution in [-0.4, -0.2) is 48.7 Å². The molecule has 4 rings (SSSR count). The molecule has 2 aromatic carbocycles. The van der Waals surface area contributed by atoms with Crippen LogP contribution in [-0.2, 0) is 11.3 Å². The fourth-order valence-electron chi connectivity index (χ4n) is 3.55. The maximum Gasteiger partial charge on any atom is 0.246 e. The third-order valence-corrected chi connectivity index (χ3v) is 5.30. The Morgan fingerprint density at radius 1 is 1.07 bits per heavy atom. The number of ether oxygens (including phenoxy) is 2. The van der Waals surface area contributed by atoms with Gasteiger partial charge in [-0.25, -0.2) is 0 Å². The molecule has 2 aliphatic rings. The van der Waals surface area contributed by atoms with E-state index >= 15 is 0 Å². The van der Waals surface area contributed by atoms with E-state index in [2.05, 4.69) is 29.2 Å². The lowest BCUT2D eigenvalue weighted by molar-refractivity contribution is -0.125. The number of nitrogens with zero attached hydrogens (tertiary/aromatic N) is 2. The van der Waals surface area contributed by atoms with Gasteiger partial charge in [0.2, 0.25) is 12.7 Å². The molecule has 0 aliphatic carbocycles. The van der Waals surface area contributed by atoms with Crippen LogP contribution in [0.25, 0.3) is 6.08 Å². The third kappa shape index (κ3) is 4.49. The highest BCUT2D eigenvalue weighted by Crippen LogP contribution is 2.40. The van der Waals surface area contributed by atoms with E-state index in [-0.39, 0.29) is 12.7 Å². The van der Waals surface area contributed by atoms with E-state index in [9.17, 15) is 4.79 Å². The quantitative estimate of drug-likeness (QED) is 0.734. The molecule has 146 valence electrons. The van der Waals surface area contributed by atoms with Gasteiger partial charge in [-0.15, -0.1) is 0 Å². The maximum absolute atomic E-state index is 12.6. The van der Waals surface area contributed by atoms with Crippen LogP contribution in [0.15, 0.2) is 48.5 Å². The van der Waals surface area contributed by atoms with Crippen molar-refractivity contribution in [2.45, 2.75) is 13.0 Å². The number of benzene rings is 2. The Bertz CT molecular complexity index is 870. The van der Waals surface area contributed by atoms with Crippen molar-refractivity contribution >= 4 is 23.6 Å². The predicted octanol–water partition coefficient (Wildman–Crippen LogP) is 3.82.